The molecule has 1 aromatic carbocycles. The summed E-state index contributed by atoms with van der Waals surface area (Å²) >= 11 is 0. The van der Waals surface area contributed by atoms with Crippen molar-refractivity contribution in [1.29, 1.82) is 0 Å². The minimum absolute atomic E-state index is 0.0368. The average Bonchev–Trinajstić information content (AvgIpc) is 3.23. The number of unbranched alkanes of at least 4 members (excludes halogenated alkanes) is 1. The van der Waals surface area contributed by atoms with Crippen LogP contribution in [0, 0.1) is 0 Å². The molecule has 2 saturated heterocycles. The molecule has 0 radical (unpaired) electrons. The Morgan fingerprint density at radius 3 is 2.39 bits per heavy atom. The Morgan fingerprint density at radius 1 is 1.11 bits per heavy atom. The van der Waals surface area contributed by atoms with Gasteiger partial charge >= 0.3 is 12.0 Å². The van der Waals surface area contributed by atoms with Gasteiger partial charge in [-0.05, 0) is 31.7 Å². The molecule has 0 bridgehead atoms. The minimum atomic E-state index is -0.804. The standard InChI is InChI=1S/C21H27N2O5/c1-16-8-7-15-23(16,21(27)28-22-18(24)13-14-19(22)25)20(26)12-6-5-11-17-9-3-2-4-10-17/h2-4,9-10,16H,5-8,11-15H2,1H3/q+1/t16-,23?/m1/s1. The lowest BCUT2D eigenvalue weighted by molar-refractivity contribution is -0.795. The smallest absolute Gasteiger partial charge is 0.280 e. The molecule has 2 aliphatic rings. The van der Waals surface area contributed by atoms with Gasteiger partial charge in [-0.15, -0.1) is 0 Å². The number of quaternary nitrogens is 1. The third-order valence-corrected chi connectivity index (χ3v) is 5.78. The van der Waals surface area contributed by atoms with E-state index in [4.69, 9.17) is 4.84 Å². The summed E-state index contributed by atoms with van der Waals surface area (Å²) in [5.41, 5.74) is 1.22. The maximum atomic E-state index is 13.1. The summed E-state index contributed by atoms with van der Waals surface area (Å²) < 4.78 is -0.428. The van der Waals surface area contributed by atoms with Crippen LogP contribution in [-0.4, -0.2) is 45.9 Å². The van der Waals surface area contributed by atoms with E-state index in [-0.39, 0.29) is 31.2 Å². The average molecular weight is 387 g/mol. The molecule has 0 N–H and O–H groups in total. The Hall–Kier alpha value is -2.54. The van der Waals surface area contributed by atoms with Gasteiger partial charge in [-0.25, -0.2) is 4.79 Å². The van der Waals surface area contributed by atoms with Crippen LogP contribution >= 0.6 is 0 Å². The molecular formula is C21H27N2O5+. The number of benzene rings is 1. The summed E-state index contributed by atoms with van der Waals surface area (Å²) in [6, 6.07) is 9.84. The first kappa shape index (κ1) is 20.2. The Morgan fingerprint density at radius 2 is 1.79 bits per heavy atom. The number of aryl methyl sites for hydroxylation is 1. The van der Waals surface area contributed by atoms with Crippen LogP contribution in [0.3, 0.4) is 0 Å². The van der Waals surface area contributed by atoms with E-state index in [2.05, 4.69) is 12.1 Å². The molecule has 2 atom stereocenters. The molecule has 0 spiro atoms. The highest BCUT2D eigenvalue weighted by molar-refractivity contribution is 6.01. The fourth-order valence-corrected chi connectivity index (χ4v) is 4.08. The zero-order valence-electron chi connectivity index (χ0n) is 16.3. The SMILES string of the molecule is C[C@@H]1CCC[N+]1(C(=O)CCCCc1ccccc1)C(=O)ON1C(=O)CCC1=O. The van der Waals surface area contributed by atoms with Gasteiger partial charge in [0, 0.05) is 25.7 Å². The third-order valence-electron chi connectivity index (χ3n) is 5.78. The van der Waals surface area contributed by atoms with Gasteiger partial charge in [0.1, 0.15) is 6.04 Å². The van der Waals surface area contributed by atoms with E-state index in [0.29, 0.717) is 18.0 Å². The molecule has 28 heavy (non-hydrogen) atoms. The third kappa shape index (κ3) is 3.99. The molecule has 3 rings (SSSR count). The highest BCUT2D eigenvalue weighted by atomic mass is 16.7. The van der Waals surface area contributed by atoms with Crippen molar-refractivity contribution < 1.29 is 28.5 Å². The number of imide groups is 2. The van der Waals surface area contributed by atoms with Crippen LogP contribution in [0.15, 0.2) is 30.3 Å². The predicted octanol–water partition coefficient (Wildman–Crippen LogP) is 3.13. The van der Waals surface area contributed by atoms with Gasteiger partial charge in [-0.3, -0.25) is 14.4 Å². The number of hydroxylamine groups is 2. The van der Waals surface area contributed by atoms with Crippen molar-refractivity contribution >= 4 is 23.8 Å². The first-order valence-electron chi connectivity index (χ1n) is 9.98. The van der Waals surface area contributed by atoms with Crippen LogP contribution in [0.25, 0.3) is 0 Å². The summed E-state index contributed by atoms with van der Waals surface area (Å²) in [4.78, 5) is 54.6. The molecule has 7 nitrogen and oxygen atoms in total. The molecule has 0 aromatic heterocycles. The fourth-order valence-electron chi connectivity index (χ4n) is 4.08. The lowest BCUT2D eigenvalue weighted by atomic mass is 10.1. The maximum absolute atomic E-state index is 13.1. The first-order valence-corrected chi connectivity index (χ1v) is 9.98. The van der Waals surface area contributed by atoms with E-state index in [9.17, 15) is 19.2 Å². The maximum Gasteiger partial charge on any atom is 0.549 e. The second kappa shape index (κ2) is 8.65. The number of likely N-dealkylation sites (tertiary alicyclic amines) is 1. The molecule has 1 aromatic rings. The number of hydrogen-bond donors (Lipinski definition) is 0. The van der Waals surface area contributed by atoms with Crippen molar-refractivity contribution in [3.63, 3.8) is 0 Å². The van der Waals surface area contributed by atoms with E-state index in [1.807, 2.05) is 25.1 Å². The molecule has 4 amide bonds. The Labute approximate surface area is 164 Å². The van der Waals surface area contributed by atoms with E-state index < -0.39 is 22.4 Å². The van der Waals surface area contributed by atoms with Gasteiger partial charge < -0.3 is 0 Å². The number of nitrogens with zero attached hydrogens (tertiary/aromatic N) is 2. The Kier molecular flexibility index (Phi) is 6.24. The highest BCUT2D eigenvalue weighted by Gasteiger charge is 2.55. The molecule has 2 aliphatic heterocycles. The van der Waals surface area contributed by atoms with Crippen LogP contribution in [0.4, 0.5) is 4.79 Å². The number of hydrogen-bond acceptors (Lipinski definition) is 5. The number of amides is 4. The van der Waals surface area contributed by atoms with Crippen LogP contribution in [0.1, 0.15) is 57.4 Å². The summed E-state index contributed by atoms with van der Waals surface area (Å²) in [6.45, 7) is 2.21. The number of rotatable bonds is 6. The van der Waals surface area contributed by atoms with Gasteiger partial charge in [-0.1, -0.05) is 35.4 Å². The van der Waals surface area contributed by atoms with Crippen LogP contribution in [0.2, 0.25) is 0 Å². The zero-order chi connectivity index (χ0) is 20.1. The quantitative estimate of drug-likeness (QED) is 0.426. The van der Waals surface area contributed by atoms with Crippen molar-refractivity contribution in [2.75, 3.05) is 6.54 Å². The summed E-state index contributed by atoms with van der Waals surface area (Å²) in [5.74, 6) is -1.25. The minimum Gasteiger partial charge on any atom is -0.280 e. The Balaban J connectivity index is 1.62. The van der Waals surface area contributed by atoms with Crippen molar-refractivity contribution in [3.05, 3.63) is 35.9 Å². The molecule has 2 heterocycles. The normalized spacial score (nSPS) is 24.6. The molecular weight excluding hydrogens is 360 g/mol. The predicted molar refractivity (Wildman–Crippen MR) is 100 cm³/mol. The highest BCUT2D eigenvalue weighted by Crippen LogP contribution is 2.31. The molecule has 150 valence electrons. The van der Waals surface area contributed by atoms with E-state index in [0.717, 1.165) is 25.7 Å². The van der Waals surface area contributed by atoms with Crippen molar-refractivity contribution in [2.45, 2.75) is 64.3 Å². The van der Waals surface area contributed by atoms with E-state index >= 15 is 0 Å². The first-order chi connectivity index (χ1) is 13.4. The Bertz CT molecular complexity index is 747. The lowest BCUT2D eigenvalue weighted by Gasteiger charge is -2.32. The van der Waals surface area contributed by atoms with Gasteiger partial charge in [0.25, 0.3) is 11.8 Å². The monoisotopic (exact) mass is 387 g/mol. The summed E-state index contributed by atoms with van der Waals surface area (Å²) in [6.07, 6.45) is 3.41. The molecule has 0 aliphatic carbocycles. The fraction of sp³-hybridized carbons (Fsp3) is 0.524. The number of carbonyl (C=O) groups is 4. The van der Waals surface area contributed by atoms with Crippen molar-refractivity contribution in [1.82, 2.24) is 5.06 Å². The van der Waals surface area contributed by atoms with Gasteiger partial charge in [0.05, 0.1) is 13.0 Å². The van der Waals surface area contributed by atoms with E-state index in [1.54, 1.807) is 0 Å². The van der Waals surface area contributed by atoms with Gasteiger partial charge in [0.15, 0.2) is 0 Å². The van der Waals surface area contributed by atoms with Crippen LogP contribution in [-0.2, 0) is 25.6 Å². The largest absolute Gasteiger partial charge is 0.549 e. The summed E-state index contributed by atoms with van der Waals surface area (Å²) in [5, 5.41) is 0.538. The second-order valence-electron chi connectivity index (χ2n) is 7.61. The molecule has 2 fully saturated rings. The zero-order valence-corrected chi connectivity index (χ0v) is 16.3. The second-order valence-corrected chi connectivity index (χ2v) is 7.61. The molecule has 7 heteroatoms. The summed E-state index contributed by atoms with van der Waals surface area (Å²) in [7, 11) is 0. The van der Waals surface area contributed by atoms with Crippen LogP contribution < -0.4 is 0 Å². The van der Waals surface area contributed by atoms with E-state index in [1.165, 1.54) is 5.56 Å². The van der Waals surface area contributed by atoms with Crippen molar-refractivity contribution in [2.24, 2.45) is 0 Å². The van der Waals surface area contributed by atoms with Gasteiger partial charge in [-0.2, -0.15) is 9.28 Å². The number of carbonyl (C=O) groups excluding carboxylic acids is 4. The lowest BCUT2D eigenvalue weighted by Crippen LogP contribution is -2.60. The topological polar surface area (TPSA) is 80.8 Å². The molecule has 1 unspecified atom stereocenters. The van der Waals surface area contributed by atoms with Crippen molar-refractivity contribution in [3.8, 4) is 0 Å². The molecule has 0 saturated carbocycles. The van der Waals surface area contributed by atoms with Gasteiger partial charge in [0.2, 0.25) is 0 Å². The van der Waals surface area contributed by atoms with Crippen LogP contribution in [0.5, 0.6) is 0 Å².